The van der Waals surface area contributed by atoms with Crippen molar-refractivity contribution in [3.8, 4) is 5.75 Å². The van der Waals surface area contributed by atoms with Gasteiger partial charge in [-0.05, 0) is 69.4 Å². The molecule has 0 amide bonds. The smallest absolute Gasteiger partial charge is 0.340 e. The van der Waals surface area contributed by atoms with Crippen LogP contribution in [0.25, 0.3) is 10.9 Å². The Bertz CT molecular complexity index is 972. The summed E-state index contributed by atoms with van der Waals surface area (Å²) in [6.45, 7) is 4.81. The van der Waals surface area contributed by atoms with Crippen molar-refractivity contribution >= 4 is 16.9 Å². The minimum atomic E-state index is -0.284. The summed E-state index contributed by atoms with van der Waals surface area (Å²) < 4.78 is 13.7. The predicted octanol–water partition coefficient (Wildman–Crippen LogP) is 4.89. The maximum absolute atomic E-state index is 12.7. The molecule has 0 bridgehead atoms. The molecule has 1 aliphatic carbocycles. The molecule has 1 aromatic carbocycles. The Hall–Kier alpha value is -2.82. The molecule has 3 aromatic rings. The fraction of sp³-hybridized carbons (Fsp3) is 0.391. The molecular formula is C23H26N2O3. The van der Waals surface area contributed by atoms with E-state index in [1.54, 1.807) is 6.20 Å². The first-order valence-electron chi connectivity index (χ1n) is 10.0. The van der Waals surface area contributed by atoms with Gasteiger partial charge in [0.1, 0.15) is 5.75 Å². The summed E-state index contributed by atoms with van der Waals surface area (Å²) in [5.41, 5.74) is 3.61. The molecule has 5 heteroatoms. The number of carbonyl (C=O) groups is 1. The average Bonchev–Trinajstić information content (AvgIpc) is 3.29. The molecule has 5 nitrogen and oxygen atoms in total. The van der Waals surface area contributed by atoms with E-state index >= 15 is 0 Å². The fourth-order valence-corrected chi connectivity index (χ4v) is 4.07. The summed E-state index contributed by atoms with van der Waals surface area (Å²) in [6.07, 6.45) is 8.55. The maximum atomic E-state index is 12.7. The number of pyridine rings is 1. The van der Waals surface area contributed by atoms with E-state index in [0.717, 1.165) is 40.8 Å². The molecule has 28 heavy (non-hydrogen) atoms. The van der Waals surface area contributed by atoms with Crippen LogP contribution >= 0.6 is 0 Å². The second kappa shape index (κ2) is 8.05. The first-order chi connectivity index (χ1) is 13.7. The van der Waals surface area contributed by atoms with Gasteiger partial charge in [-0.1, -0.05) is 6.07 Å². The van der Waals surface area contributed by atoms with E-state index in [1.807, 2.05) is 50.4 Å². The number of hydrogen-bond acceptors (Lipinski definition) is 4. The van der Waals surface area contributed by atoms with Gasteiger partial charge in [0.05, 0.1) is 18.3 Å². The van der Waals surface area contributed by atoms with Gasteiger partial charge in [0.25, 0.3) is 0 Å². The lowest BCUT2D eigenvalue weighted by Gasteiger charge is -2.13. The van der Waals surface area contributed by atoms with Gasteiger partial charge in [0, 0.05) is 35.5 Å². The maximum Gasteiger partial charge on any atom is 0.340 e. The monoisotopic (exact) mass is 378 g/mol. The van der Waals surface area contributed by atoms with Gasteiger partial charge in [-0.15, -0.1) is 0 Å². The summed E-state index contributed by atoms with van der Waals surface area (Å²) in [5.74, 6) is 0.538. The summed E-state index contributed by atoms with van der Waals surface area (Å²) in [7, 11) is 0. The average molecular weight is 378 g/mol. The lowest BCUT2D eigenvalue weighted by Crippen LogP contribution is -2.10. The molecular weight excluding hydrogens is 352 g/mol. The summed E-state index contributed by atoms with van der Waals surface area (Å²) in [5, 5.41) is 0.885. The standard InChI is InChI=1S/C23H26N2O3/c1-3-27-23(26)22-16(2)25(15-17-7-6-12-24-14-17)21-11-10-19(13-20(21)22)28-18-8-4-5-9-18/h6-7,10-14,18H,3-5,8-9,15H2,1-2H3. The molecule has 2 aromatic heterocycles. The lowest BCUT2D eigenvalue weighted by atomic mass is 10.1. The van der Waals surface area contributed by atoms with E-state index in [9.17, 15) is 4.79 Å². The van der Waals surface area contributed by atoms with Crippen LogP contribution in [0.4, 0.5) is 0 Å². The topological polar surface area (TPSA) is 53.4 Å². The van der Waals surface area contributed by atoms with E-state index in [1.165, 1.54) is 12.8 Å². The van der Waals surface area contributed by atoms with Crippen LogP contribution in [0.3, 0.4) is 0 Å². The molecule has 0 saturated heterocycles. The van der Waals surface area contributed by atoms with Crippen molar-refractivity contribution < 1.29 is 14.3 Å². The Kier molecular flexibility index (Phi) is 5.33. The van der Waals surface area contributed by atoms with E-state index in [-0.39, 0.29) is 12.1 Å². The highest BCUT2D eigenvalue weighted by atomic mass is 16.5. The van der Waals surface area contributed by atoms with Gasteiger partial charge < -0.3 is 14.0 Å². The van der Waals surface area contributed by atoms with Crippen LogP contribution in [0.1, 0.15) is 54.2 Å². The fourth-order valence-electron chi connectivity index (χ4n) is 4.07. The van der Waals surface area contributed by atoms with Gasteiger partial charge in [0.15, 0.2) is 0 Å². The number of ether oxygens (including phenoxy) is 2. The molecule has 1 aliphatic rings. The van der Waals surface area contributed by atoms with Gasteiger partial charge in [-0.2, -0.15) is 0 Å². The number of carbonyl (C=O) groups excluding carboxylic acids is 1. The third-order valence-electron chi connectivity index (χ3n) is 5.44. The largest absolute Gasteiger partial charge is 0.490 e. The summed E-state index contributed by atoms with van der Waals surface area (Å²) in [6, 6.07) is 10.0. The van der Waals surface area contributed by atoms with Crippen LogP contribution in [0, 0.1) is 6.92 Å². The summed E-state index contributed by atoms with van der Waals surface area (Å²) in [4.78, 5) is 16.9. The van der Waals surface area contributed by atoms with Crippen molar-refractivity contribution in [1.82, 2.24) is 9.55 Å². The molecule has 0 atom stereocenters. The van der Waals surface area contributed by atoms with Crippen LogP contribution in [0.5, 0.6) is 5.75 Å². The van der Waals surface area contributed by atoms with E-state index in [4.69, 9.17) is 9.47 Å². The first-order valence-corrected chi connectivity index (χ1v) is 10.0. The summed E-state index contributed by atoms with van der Waals surface area (Å²) >= 11 is 0. The molecule has 0 aliphatic heterocycles. The minimum Gasteiger partial charge on any atom is -0.490 e. The van der Waals surface area contributed by atoms with Gasteiger partial charge in [-0.25, -0.2) is 4.79 Å². The van der Waals surface area contributed by atoms with Crippen LogP contribution in [0.2, 0.25) is 0 Å². The van der Waals surface area contributed by atoms with Crippen molar-refractivity contribution in [3.63, 3.8) is 0 Å². The third-order valence-corrected chi connectivity index (χ3v) is 5.44. The number of rotatable bonds is 6. The van der Waals surface area contributed by atoms with Gasteiger partial charge in [0.2, 0.25) is 0 Å². The molecule has 1 fully saturated rings. The van der Waals surface area contributed by atoms with Gasteiger partial charge >= 0.3 is 5.97 Å². The Morgan fingerprint density at radius 2 is 2.07 bits per heavy atom. The van der Waals surface area contributed by atoms with Crippen molar-refractivity contribution in [2.75, 3.05) is 6.61 Å². The zero-order chi connectivity index (χ0) is 19.5. The number of benzene rings is 1. The SMILES string of the molecule is CCOC(=O)c1c(C)n(Cc2cccnc2)c2ccc(OC3CCCC3)cc12. The highest BCUT2D eigenvalue weighted by molar-refractivity contribution is 6.06. The molecule has 0 radical (unpaired) electrons. The quantitative estimate of drug-likeness (QED) is 0.573. The van der Waals surface area contributed by atoms with Crippen molar-refractivity contribution in [3.05, 3.63) is 59.5 Å². The second-order valence-electron chi connectivity index (χ2n) is 7.33. The van der Waals surface area contributed by atoms with E-state index < -0.39 is 0 Å². The highest BCUT2D eigenvalue weighted by Crippen LogP contribution is 2.32. The molecule has 0 N–H and O–H groups in total. The Morgan fingerprint density at radius 3 is 2.79 bits per heavy atom. The van der Waals surface area contributed by atoms with Crippen LogP contribution in [-0.2, 0) is 11.3 Å². The number of fused-ring (bicyclic) bond motifs is 1. The second-order valence-corrected chi connectivity index (χ2v) is 7.33. The number of hydrogen-bond donors (Lipinski definition) is 0. The van der Waals surface area contributed by atoms with Crippen LogP contribution in [0.15, 0.2) is 42.7 Å². The molecule has 0 spiro atoms. The van der Waals surface area contributed by atoms with Crippen LogP contribution < -0.4 is 4.74 Å². The Labute approximate surface area is 165 Å². The first kappa shape index (κ1) is 18.5. The van der Waals surface area contributed by atoms with E-state index in [0.29, 0.717) is 18.7 Å². The van der Waals surface area contributed by atoms with E-state index in [2.05, 4.69) is 9.55 Å². The Balaban J connectivity index is 1.77. The minimum absolute atomic E-state index is 0.280. The third kappa shape index (κ3) is 3.61. The Morgan fingerprint density at radius 1 is 1.25 bits per heavy atom. The molecule has 146 valence electrons. The van der Waals surface area contributed by atoms with Gasteiger partial charge in [-0.3, -0.25) is 4.98 Å². The molecule has 2 heterocycles. The van der Waals surface area contributed by atoms with Crippen molar-refractivity contribution in [1.29, 1.82) is 0 Å². The number of esters is 1. The predicted molar refractivity (Wildman–Crippen MR) is 109 cm³/mol. The zero-order valence-electron chi connectivity index (χ0n) is 16.5. The number of aromatic nitrogens is 2. The lowest BCUT2D eigenvalue weighted by molar-refractivity contribution is 0.0527. The van der Waals surface area contributed by atoms with Crippen molar-refractivity contribution in [2.24, 2.45) is 0 Å². The molecule has 4 rings (SSSR count). The normalized spacial score (nSPS) is 14.5. The van der Waals surface area contributed by atoms with Crippen molar-refractivity contribution in [2.45, 2.75) is 52.2 Å². The highest BCUT2D eigenvalue weighted by Gasteiger charge is 2.23. The number of nitrogens with zero attached hydrogens (tertiary/aromatic N) is 2. The zero-order valence-corrected chi connectivity index (χ0v) is 16.5. The molecule has 0 unspecified atom stereocenters. The van der Waals surface area contributed by atoms with Crippen LogP contribution in [-0.4, -0.2) is 28.2 Å². The molecule has 1 saturated carbocycles.